The number of aromatic nitrogens is 3. The zero-order valence-corrected chi connectivity index (χ0v) is 18.2. The zero-order chi connectivity index (χ0) is 21.3. The second-order valence-corrected chi connectivity index (χ2v) is 8.27. The molecule has 4 aromatic rings. The Hall–Kier alpha value is -3.30. The summed E-state index contributed by atoms with van der Waals surface area (Å²) in [5.41, 5.74) is 9.77. The molecule has 0 fully saturated rings. The number of primary amides is 1. The van der Waals surface area contributed by atoms with Gasteiger partial charge in [-0.1, -0.05) is 28.1 Å². The molecule has 0 aliphatic rings. The third-order valence-electron chi connectivity index (χ3n) is 4.42. The average molecular weight is 482 g/mol. The van der Waals surface area contributed by atoms with Gasteiger partial charge in [0.15, 0.2) is 5.13 Å². The van der Waals surface area contributed by atoms with Crippen LogP contribution < -0.4 is 11.1 Å². The Bertz CT molecular complexity index is 1260. The van der Waals surface area contributed by atoms with Gasteiger partial charge in [-0.05, 0) is 37.3 Å². The van der Waals surface area contributed by atoms with E-state index in [1.807, 2.05) is 30.3 Å². The number of carbonyl (C=O) groups excluding carboxylic acids is 2. The molecule has 7 nitrogen and oxygen atoms in total. The zero-order valence-electron chi connectivity index (χ0n) is 15.8. The fraction of sp³-hybridized carbons (Fsp3) is 0.0476. The van der Waals surface area contributed by atoms with Gasteiger partial charge in [-0.15, -0.1) is 11.3 Å². The van der Waals surface area contributed by atoms with Crippen molar-refractivity contribution in [3.63, 3.8) is 0 Å². The van der Waals surface area contributed by atoms with E-state index in [0.717, 1.165) is 21.3 Å². The molecule has 9 heteroatoms. The van der Waals surface area contributed by atoms with E-state index in [1.165, 1.54) is 11.3 Å². The Morgan fingerprint density at radius 3 is 2.63 bits per heavy atom. The fourth-order valence-corrected chi connectivity index (χ4v) is 4.04. The summed E-state index contributed by atoms with van der Waals surface area (Å²) in [5, 5.41) is 5.05. The highest BCUT2D eigenvalue weighted by Crippen LogP contribution is 2.27. The number of anilines is 1. The fourth-order valence-electron chi connectivity index (χ4n) is 2.92. The molecule has 0 atom stereocenters. The van der Waals surface area contributed by atoms with Gasteiger partial charge in [0, 0.05) is 27.2 Å². The van der Waals surface area contributed by atoms with Crippen LogP contribution >= 0.6 is 27.3 Å². The number of halogens is 1. The van der Waals surface area contributed by atoms with Crippen LogP contribution in [0.3, 0.4) is 0 Å². The van der Waals surface area contributed by atoms with Gasteiger partial charge < -0.3 is 10.7 Å². The monoisotopic (exact) mass is 481 g/mol. The van der Waals surface area contributed by atoms with Crippen molar-refractivity contribution in [2.45, 2.75) is 6.92 Å². The van der Waals surface area contributed by atoms with Crippen LogP contribution in [0.5, 0.6) is 0 Å². The number of H-pyrrole nitrogens is 1. The topological polar surface area (TPSA) is 114 Å². The van der Waals surface area contributed by atoms with Crippen LogP contribution in [0.4, 0.5) is 5.13 Å². The Kier molecular flexibility index (Phi) is 5.47. The summed E-state index contributed by atoms with van der Waals surface area (Å²) in [5.74, 6) is -0.826. The van der Waals surface area contributed by atoms with Crippen LogP contribution in [0, 0.1) is 6.92 Å². The van der Waals surface area contributed by atoms with Gasteiger partial charge in [-0.2, -0.15) is 0 Å². The molecule has 2 amide bonds. The number of nitrogens with one attached hydrogen (secondary N) is 2. The molecule has 30 heavy (non-hydrogen) atoms. The van der Waals surface area contributed by atoms with Gasteiger partial charge in [0.25, 0.3) is 11.8 Å². The lowest BCUT2D eigenvalue weighted by Gasteiger charge is -2.08. The first-order valence-electron chi connectivity index (χ1n) is 8.90. The van der Waals surface area contributed by atoms with Crippen molar-refractivity contribution in [1.29, 1.82) is 0 Å². The second-order valence-electron chi connectivity index (χ2n) is 6.50. The molecule has 0 aliphatic heterocycles. The van der Waals surface area contributed by atoms with E-state index in [0.29, 0.717) is 27.8 Å². The first kappa shape index (κ1) is 20.0. The van der Waals surface area contributed by atoms with Crippen LogP contribution in [0.1, 0.15) is 26.5 Å². The number of carbonyl (C=O) groups is 2. The normalized spacial score (nSPS) is 10.7. The molecule has 0 spiro atoms. The molecule has 4 N–H and O–H groups in total. The van der Waals surface area contributed by atoms with Crippen LogP contribution in [0.25, 0.3) is 22.5 Å². The quantitative estimate of drug-likeness (QED) is 0.385. The molecule has 0 aliphatic carbocycles. The predicted molar refractivity (Wildman–Crippen MR) is 120 cm³/mol. The van der Waals surface area contributed by atoms with Crippen molar-refractivity contribution in [3.05, 3.63) is 75.5 Å². The standard InChI is InChI=1S/C21H16BrN5O2S/c1-11-15(5-6-16(25-11)12-3-2-4-14(22)7-12)20(29)27-21-26-18(10-30-21)13-8-17(19(23)28)24-9-13/h2-10,24H,1H3,(H2,23,28)(H,26,27,29). The highest BCUT2D eigenvalue weighted by molar-refractivity contribution is 9.10. The maximum atomic E-state index is 12.7. The number of aryl methyl sites for hydroxylation is 1. The van der Waals surface area contributed by atoms with Crippen molar-refractivity contribution in [2.24, 2.45) is 5.73 Å². The molecule has 4 rings (SSSR count). The van der Waals surface area contributed by atoms with Gasteiger partial charge in [-0.3, -0.25) is 19.9 Å². The molecule has 0 bridgehead atoms. The lowest BCUT2D eigenvalue weighted by Crippen LogP contribution is -2.14. The number of pyridine rings is 1. The molecule has 1 aromatic carbocycles. The lowest BCUT2D eigenvalue weighted by molar-refractivity contribution is 0.0993. The summed E-state index contributed by atoms with van der Waals surface area (Å²) in [6.07, 6.45) is 1.65. The summed E-state index contributed by atoms with van der Waals surface area (Å²) in [7, 11) is 0. The number of nitrogens with two attached hydrogens (primary N) is 1. The Morgan fingerprint density at radius 2 is 1.93 bits per heavy atom. The molecule has 0 saturated heterocycles. The summed E-state index contributed by atoms with van der Waals surface area (Å²) in [4.78, 5) is 35.7. The van der Waals surface area contributed by atoms with Crippen molar-refractivity contribution in [2.75, 3.05) is 5.32 Å². The van der Waals surface area contributed by atoms with E-state index >= 15 is 0 Å². The maximum absolute atomic E-state index is 12.7. The average Bonchev–Trinajstić information content (AvgIpc) is 3.37. The summed E-state index contributed by atoms with van der Waals surface area (Å²) in [6, 6.07) is 13.0. The van der Waals surface area contributed by atoms with Crippen LogP contribution in [-0.2, 0) is 0 Å². The Morgan fingerprint density at radius 1 is 1.10 bits per heavy atom. The van der Waals surface area contributed by atoms with Crippen LogP contribution in [0.15, 0.2) is 58.5 Å². The highest BCUT2D eigenvalue weighted by atomic mass is 79.9. The number of benzene rings is 1. The molecule has 0 saturated carbocycles. The number of aromatic amines is 1. The predicted octanol–water partition coefficient (Wildman–Crippen LogP) is 4.62. The van der Waals surface area contributed by atoms with E-state index in [2.05, 4.69) is 36.2 Å². The SMILES string of the molecule is Cc1nc(-c2cccc(Br)c2)ccc1C(=O)Nc1nc(-c2c[nH]c(C(N)=O)c2)cs1. The van der Waals surface area contributed by atoms with Crippen molar-refractivity contribution in [3.8, 4) is 22.5 Å². The minimum absolute atomic E-state index is 0.284. The third kappa shape index (κ3) is 4.17. The summed E-state index contributed by atoms with van der Waals surface area (Å²) >= 11 is 4.75. The first-order chi connectivity index (χ1) is 14.4. The van der Waals surface area contributed by atoms with Crippen molar-refractivity contribution >= 4 is 44.2 Å². The largest absolute Gasteiger partial charge is 0.364 e. The number of rotatable bonds is 5. The third-order valence-corrected chi connectivity index (χ3v) is 5.67. The molecule has 150 valence electrons. The molecule has 0 unspecified atom stereocenters. The second kappa shape index (κ2) is 8.21. The molecular formula is C21H16BrN5O2S. The Balaban J connectivity index is 1.51. The van der Waals surface area contributed by atoms with Gasteiger partial charge in [0.2, 0.25) is 0 Å². The van der Waals surface area contributed by atoms with Crippen LogP contribution in [0.2, 0.25) is 0 Å². The number of hydrogen-bond acceptors (Lipinski definition) is 5. The van der Waals surface area contributed by atoms with Gasteiger partial charge in [0.1, 0.15) is 5.69 Å². The molecular weight excluding hydrogens is 466 g/mol. The lowest BCUT2D eigenvalue weighted by atomic mass is 10.1. The maximum Gasteiger partial charge on any atom is 0.265 e. The number of nitrogens with zero attached hydrogens (tertiary/aromatic N) is 2. The molecule has 3 aromatic heterocycles. The minimum Gasteiger partial charge on any atom is -0.364 e. The summed E-state index contributed by atoms with van der Waals surface area (Å²) in [6.45, 7) is 1.80. The van der Waals surface area contributed by atoms with Gasteiger partial charge >= 0.3 is 0 Å². The number of amides is 2. The van der Waals surface area contributed by atoms with E-state index in [9.17, 15) is 9.59 Å². The first-order valence-corrected chi connectivity index (χ1v) is 10.6. The Labute approximate surface area is 184 Å². The minimum atomic E-state index is -0.542. The van der Waals surface area contributed by atoms with Crippen LogP contribution in [-0.4, -0.2) is 26.8 Å². The van der Waals surface area contributed by atoms with Crippen molar-refractivity contribution < 1.29 is 9.59 Å². The molecule has 3 heterocycles. The van der Waals surface area contributed by atoms with Crippen molar-refractivity contribution in [1.82, 2.24) is 15.0 Å². The van der Waals surface area contributed by atoms with Gasteiger partial charge in [-0.25, -0.2) is 4.98 Å². The highest BCUT2D eigenvalue weighted by Gasteiger charge is 2.15. The van der Waals surface area contributed by atoms with Gasteiger partial charge in [0.05, 0.1) is 22.6 Å². The summed E-state index contributed by atoms with van der Waals surface area (Å²) < 4.78 is 0.964. The molecule has 0 radical (unpaired) electrons. The van der Waals surface area contributed by atoms with E-state index in [4.69, 9.17) is 5.73 Å². The number of hydrogen-bond donors (Lipinski definition) is 3. The van der Waals surface area contributed by atoms with E-state index in [-0.39, 0.29) is 5.91 Å². The smallest absolute Gasteiger partial charge is 0.265 e. The van der Waals surface area contributed by atoms with E-state index in [1.54, 1.807) is 30.6 Å². The number of thiazole rings is 1. The van der Waals surface area contributed by atoms with E-state index < -0.39 is 5.91 Å².